The molecule has 154 valence electrons. The van der Waals surface area contributed by atoms with Crippen molar-refractivity contribution in [1.82, 2.24) is 0 Å². The van der Waals surface area contributed by atoms with Crippen molar-refractivity contribution in [2.24, 2.45) is 0 Å². The largest absolute Gasteiger partial charge is 0.491 e. The third-order valence-electron chi connectivity index (χ3n) is 4.47. The SMILES string of the molecule is CCCCCCOc1c2sc(=S)sc2c(OCCCCCC)c2sc(=S)sc12. The summed E-state index contributed by atoms with van der Waals surface area (Å²) in [5, 5.41) is 0. The van der Waals surface area contributed by atoms with Crippen LogP contribution in [0.1, 0.15) is 65.2 Å². The summed E-state index contributed by atoms with van der Waals surface area (Å²) >= 11 is 17.6. The normalized spacial score (nSPS) is 11.5. The zero-order valence-electron chi connectivity index (χ0n) is 16.3. The first kappa shape index (κ1) is 22.6. The van der Waals surface area contributed by atoms with Gasteiger partial charge in [0, 0.05) is 0 Å². The van der Waals surface area contributed by atoms with Crippen LogP contribution in [0.4, 0.5) is 0 Å². The molecule has 2 nitrogen and oxygen atoms in total. The van der Waals surface area contributed by atoms with Crippen LogP contribution in [-0.2, 0) is 0 Å². The van der Waals surface area contributed by atoms with Crippen LogP contribution in [0.15, 0.2) is 0 Å². The van der Waals surface area contributed by atoms with E-state index in [1.54, 1.807) is 45.3 Å². The van der Waals surface area contributed by atoms with Crippen LogP contribution < -0.4 is 9.47 Å². The minimum atomic E-state index is 0.742. The lowest BCUT2D eigenvalue weighted by Crippen LogP contribution is -2.00. The van der Waals surface area contributed by atoms with Crippen LogP contribution in [0.25, 0.3) is 18.8 Å². The molecule has 28 heavy (non-hydrogen) atoms. The minimum Gasteiger partial charge on any atom is -0.491 e. The topological polar surface area (TPSA) is 18.5 Å². The number of rotatable bonds is 12. The molecule has 0 aliphatic heterocycles. The molecule has 0 unspecified atom stereocenters. The fraction of sp³-hybridized carbons (Fsp3) is 0.600. The highest BCUT2D eigenvalue weighted by Gasteiger charge is 2.21. The molecule has 0 spiro atoms. The molecular weight excluding hydrogens is 465 g/mol. The lowest BCUT2D eigenvalue weighted by Gasteiger charge is -2.12. The number of ether oxygens (including phenoxy) is 2. The molecule has 1 aromatic carbocycles. The quantitative estimate of drug-likeness (QED) is 0.186. The fourth-order valence-corrected chi connectivity index (χ4v) is 8.42. The van der Waals surface area contributed by atoms with E-state index in [0.29, 0.717) is 0 Å². The molecule has 3 aromatic rings. The lowest BCUT2D eigenvalue weighted by molar-refractivity contribution is 0.308. The molecule has 0 amide bonds. The molecule has 0 atom stereocenters. The highest BCUT2D eigenvalue weighted by Crippen LogP contribution is 2.51. The first-order chi connectivity index (χ1) is 13.7. The summed E-state index contributed by atoms with van der Waals surface area (Å²) < 4.78 is 19.0. The first-order valence-electron chi connectivity index (χ1n) is 9.94. The van der Waals surface area contributed by atoms with Gasteiger partial charge in [0.15, 0.2) is 11.5 Å². The molecule has 0 aliphatic rings. The summed E-state index contributed by atoms with van der Waals surface area (Å²) in [6.45, 7) is 5.94. The summed E-state index contributed by atoms with van der Waals surface area (Å²) in [6.07, 6.45) is 9.56. The van der Waals surface area contributed by atoms with Gasteiger partial charge in [-0.25, -0.2) is 0 Å². The molecule has 2 aromatic heterocycles. The second-order valence-corrected chi connectivity index (χ2v) is 13.2. The second-order valence-electron chi connectivity index (χ2n) is 6.70. The van der Waals surface area contributed by atoms with Crippen LogP contribution in [0, 0.1) is 6.28 Å². The third kappa shape index (κ3) is 5.52. The Hall–Kier alpha value is -0.120. The molecular formula is C20H26O2S6. The summed E-state index contributed by atoms with van der Waals surface area (Å²) in [6, 6.07) is 0. The van der Waals surface area contributed by atoms with Crippen molar-refractivity contribution in [3.8, 4) is 11.5 Å². The first-order valence-corrected chi connectivity index (χ1v) is 14.0. The molecule has 0 radical (unpaired) electrons. The Morgan fingerprint density at radius 1 is 0.571 bits per heavy atom. The monoisotopic (exact) mass is 490 g/mol. The number of benzene rings is 1. The van der Waals surface area contributed by atoms with E-state index in [0.717, 1.165) is 62.6 Å². The predicted molar refractivity (Wildman–Crippen MR) is 134 cm³/mol. The van der Waals surface area contributed by atoms with E-state index in [-0.39, 0.29) is 0 Å². The maximum atomic E-state index is 6.30. The fourth-order valence-electron chi connectivity index (χ4n) is 3.03. The van der Waals surface area contributed by atoms with Gasteiger partial charge in [-0.1, -0.05) is 76.8 Å². The van der Waals surface area contributed by atoms with Crippen molar-refractivity contribution in [2.45, 2.75) is 65.2 Å². The van der Waals surface area contributed by atoms with E-state index in [1.165, 1.54) is 38.5 Å². The number of hydrogen-bond donors (Lipinski definition) is 0. The lowest BCUT2D eigenvalue weighted by atomic mass is 10.2. The Morgan fingerprint density at radius 2 is 0.929 bits per heavy atom. The van der Waals surface area contributed by atoms with Gasteiger partial charge in [-0.15, -0.1) is 45.3 Å². The minimum absolute atomic E-state index is 0.742. The van der Waals surface area contributed by atoms with Crippen molar-refractivity contribution in [1.29, 1.82) is 0 Å². The standard InChI is InChI=1S/C20H26O2S6/c1-3-5-7-9-11-21-13-15-17(27-19(23)25-15)14(22-12-10-8-6-4-2)18-16(13)26-20(24)28-18/h3-12H2,1-2H3. The Balaban J connectivity index is 1.93. The van der Waals surface area contributed by atoms with Crippen molar-refractivity contribution in [3.05, 3.63) is 6.28 Å². The van der Waals surface area contributed by atoms with Crippen LogP contribution in [0.2, 0.25) is 0 Å². The van der Waals surface area contributed by atoms with E-state index in [9.17, 15) is 0 Å². The van der Waals surface area contributed by atoms with E-state index < -0.39 is 0 Å². The average molecular weight is 491 g/mol. The van der Waals surface area contributed by atoms with Crippen LogP contribution in [0.5, 0.6) is 11.5 Å². The zero-order valence-corrected chi connectivity index (χ0v) is 21.2. The molecule has 2 heterocycles. The molecule has 3 rings (SSSR count). The van der Waals surface area contributed by atoms with E-state index in [1.807, 2.05) is 0 Å². The van der Waals surface area contributed by atoms with Crippen LogP contribution in [0.3, 0.4) is 0 Å². The Morgan fingerprint density at radius 3 is 1.25 bits per heavy atom. The second kappa shape index (κ2) is 11.3. The van der Waals surface area contributed by atoms with Crippen LogP contribution in [-0.4, -0.2) is 13.2 Å². The summed E-state index contributed by atoms with van der Waals surface area (Å²) in [5.74, 6) is 1.93. The number of unbranched alkanes of at least 4 members (excludes halogenated alkanes) is 6. The smallest absolute Gasteiger partial charge is 0.156 e. The van der Waals surface area contributed by atoms with Gasteiger partial charge in [-0.3, -0.25) is 0 Å². The third-order valence-corrected chi connectivity index (χ3v) is 9.77. The highest BCUT2D eigenvalue weighted by atomic mass is 32.2. The molecule has 8 heteroatoms. The zero-order chi connectivity index (χ0) is 19.9. The number of hydrogen-bond acceptors (Lipinski definition) is 8. The maximum Gasteiger partial charge on any atom is 0.156 e. The maximum absolute atomic E-state index is 6.30. The molecule has 0 saturated heterocycles. The molecule has 0 bridgehead atoms. The van der Waals surface area contributed by atoms with Gasteiger partial charge in [0.1, 0.15) is 6.28 Å². The van der Waals surface area contributed by atoms with Gasteiger partial charge in [0.05, 0.1) is 32.0 Å². The molecule has 0 aliphatic carbocycles. The van der Waals surface area contributed by atoms with E-state index >= 15 is 0 Å². The van der Waals surface area contributed by atoms with Gasteiger partial charge in [0.2, 0.25) is 0 Å². The Labute approximate surface area is 193 Å². The van der Waals surface area contributed by atoms with E-state index in [4.69, 9.17) is 33.9 Å². The van der Waals surface area contributed by atoms with Gasteiger partial charge >= 0.3 is 0 Å². The van der Waals surface area contributed by atoms with E-state index in [2.05, 4.69) is 13.8 Å². The van der Waals surface area contributed by atoms with Gasteiger partial charge in [-0.05, 0) is 12.8 Å². The Kier molecular flexibility index (Phi) is 9.12. The van der Waals surface area contributed by atoms with Crippen molar-refractivity contribution in [2.75, 3.05) is 13.2 Å². The molecule has 0 fully saturated rings. The average Bonchev–Trinajstić information content (AvgIpc) is 3.24. The summed E-state index contributed by atoms with van der Waals surface area (Å²) in [4.78, 5) is 0. The molecule has 0 saturated carbocycles. The van der Waals surface area contributed by atoms with Crippen molar-refractivity contribution >= 4 is 88.6 Å². The van der Waals surface area contributed by atoms with Gasteiger partial charge < -0.3 is 9.47 Å². The van der Waals surface area contributed by atoms with Gasteiger partial charge in [-0.2, -0.15) is 0 Å². The van der Waals surface area contributed by atoms with Crippen LogP contribution >= 0.6 is 69.8 Å². The predicted octanol–water partition coefficient (Wildman–Crippen LogP) is 9.62. The Bertz CT molecular complexity index is 869. The number of fused-ring (bicyclic) bond motifs is 2. The highest BCUT2D eigenvalue weighted by molar-refractivity contribution is 7.77. The van der Waals surface area contributed by atoms with Crippen molar-refractivity contribution < 1.29 is 9.47 Å². The van der Waals surface area contributed by atoms with Crippen molar-refractivity contribution in [3.63, 3.8) is 0 Å². The molecule has 0 N–H and O–H groups in total. The van der Waals surface area contributed by atoms with Gasteiger partial charge in [0.25, 0.3) is 0 Å². The summed E-state index contributed by atoms with van der Waals surface area (Å²) in [7, 11) is 0. The summed E-state index contributed by atoms with van der Waals surface area (Å²) in [5.41, 5.74) is 0.